The fourth-order valence-corrected chi connectivity index (χ4v) is 11.8. The zero-order valence-electron chi connectivity index (χ0n) is 35.0. The smallest absolute Gasteiger partial charge is 0.202 e. The molecule has 14 rings (SSSR count). The van der Waals surface area contributed by atoms with Crippen LogP contribution in [0.2, 0.25) is 0 Å². The average Bonchev–Trinajstić information content (AvgIpc) is 3.66. The van der Waals surface area contributed by atoms with Crippen molar-refractivity contribution in [1.29, 1.82) is 0 Å². The minimum atomic E-state index is 0.0480. The molecule has 0 saturated heterocycles. The maximum Gasteiger partial charge on any atom is 0.202 e. The van der Waals surface area contributed by atoms with Gasteiger partial charge >= 0.3 is 0 Å². The van der Waals surface area contributed by atoms with Crippen molar-refractivity contribution >= 4 is 0 Å². The van der Waals surface area contributed by atoms with Crippen LogP contribution < -0.4 is 0 Å². The fraction of sp³-hybridized carbons (Fsp3) is 0.182. The van der Waals surface area contributed by atoms with Gasteiger partial charge in [-0.1, -0.05) is 158 Å². The molecule has 0 atom stereocenters. The first-order chi connectivity index (χ1) is 31.6. The second-order valence-corrected chi connectivity index (χ2v) is 17.9. The summed E-state index contributed by atoms with van der Waals surface area (Å²) in [6.07, 6.45) is 6.72. The molecule has 1 spiro atoms. The van der Waals surface area contributed by atoms with E-state index in [1.807, 2.05) is 121 Å². The third kappa shape index (κ3) is 6.02. The third-order valence-corrected chi connectivity index (χ3v) is 14.2. The van der Waals surface area contributed by atoms with Crippen LogP contribution in [0.1, 0.15) is 43.2 Å². The molecular formula is C55H41N9. The second-order valence-electron chi connectivity index (χ2n) is 17.9. The van der Waals surface area contributed by atoms with Crippen LogP contribution in [-0.2, 0) is 5.41 Å². The van der Waals surface area contributed by atoms with Crippen molar-refractivity contribution in [3.8, 4) is 91.4 Å². The fourth-order valence-electron chi connectivity index (χ4n) is 11.8. The van der Waals surface area contributed by atoms with Crippen molar-refractivity contribution < 1.29 is 0 Å². The molecule has 4 fully saturated rings. The molecule has 9 heteroatoms. The number of hydrogen-bond acceptors (Lipinski definition) is 9. The number of rotatable bonds is 7. The summed E-state index contributed by atoms with van der Waals surface area (Å²) in [6.45, 7) is 0. The second kappa shape index (κ2) is 14.7. The van der Waals surface area contributed by atoms with Crippen LogP contribution >= 0.6 is 0 Å². The summed E-state index contributed by atoms with van der Waals surface area (Å²) in [7, 11) is 0. The summed E-state index contributed by atoms with van der Waals surface area (Å²) in [5.41, 5.74) is 9.92. The van der Waals surface area contributed by atoms with E-state index < -0.39 is 0 Å². The zero-order valence-corrected chi connectivity index (χ0v) is 35.0. The normalized spacial score (nSPS) is 21.2. The van der Waals surface area contributed by atoms with Gasteiger partial charge in [-0.05, 0) is 84.1 Å². The molecule has 9 nitrogen and oxygen atoms in total. The highest BCUT2D eigenvalue weighted by molar-refractivity contribution is 5.85. The maximum atomic E-state index is 5.24. The Kier molecular flexibility index (Phi) is 8.51. The molecule has 306 valence electrons. The van der Waals surface area contributed by atoms with Crippen molar-refractivity contribution in [2.75, 3.05) is 0 Å². The lowest BCUT2D eigenvalue weighted by molar-refractivity contribution is -0.0399. The molecule has 9 aromatic rings. The monoisotopic (exact) mass is 827 g/mol. The van der Waals surface area contributed by atoms with Gasteiger partial charge in [0.1, 0.15) is 0 Å². The standard InChI is InChI=1S/C55H41N9/c1-5-15-35(16-6-1)46-56-47(36-17-7-2-8-18-36)59-51(58-46)53-62-50(63-54(64-53)52-60-48(37-19-9-3-10-20-37)57-49(61-52)38-21-11-4-12-22-38)39-25-26-45-43(32-39)42-23-13-14-24-44(42)55(45)40-28-33-27-34(30-40)31-41(55)29-33/h1-26,32-34,40-41H,27-31H2. The molecule has 0 unspecified atom stereocenters. The van der Waals surface area contributed by atoms with E-state index in [9.17, 15) is 0 Å². The quantitative estimate of drug-likeness (QED) is 0.155. The van der Waals surface area contributed by atoms with E-state index in [4.69, 9.17) is 44.9 Å². The summed E-state index contributed by atoms with van der Waals surface area (Å²) < 4.78 is 0. The van der Waals surface area contributed by atoms with Gasteiger partial charge in [-0.3, -0.25) is 0 Å². The van der Waals surface area contributed by atoms with E-state index in [1.165, 1.54) is 54.4 Å². The molecule has 64 heavy (non-hydrogen) atoms. The van der Waals surface area contributed by atoms with E-state index in [2.05, 4.69) is 42.5 Å². The molecule has 5 aliphatic rings. The Morgan fingerprint density at radius 1 is 0.281 bits per heavy atom. The highest BCUT2D eigenvalue weighted by Gasteiger charge is 2.61. The van der Waals surface area contributed by atoms with Crippen LogP contribution in [0.3, 0.4) is 0 Å². The summed E-state index contributed by atoms with van der Waals surface area (Å²) >= 11 is 0. The van der Waals surface area contributed by atoms with E-state index >= 15 is 0 Å². The summed E-state index contributed by atoms with van der Waals surface area (Å²) in [4.78, 5) is 45.8. The largest absolute Gasteiger partial charge is 0.208 e. The van der Waals surface area contributed by atoms with Gasteiger partial charge < -0.3 is 0 Å². The van der Waals surface area contributed by atoms with E-state index in [-0.39, 0.29) is 17.1 Å². The van der Waals surface area contributed by atoms with Crippen LogP contribution in [0.4, 0.5) is 0 Å². The highest BCUT2D eigenvalue weighted by atomic mass is 15.1. The van der Waals surface area contributed by atoms with Crippen LogP contribution in [0.5, 0.6) is 0 Å². The maximum absolute atomic E-state index is 5.24. The SMILES string of the molecule is c1ccc(-c2nc(-c3ccccc3)nc(-c3nc(-c4ccc5c(c4)-c4ccccc4C54C5CC6CC(C5)CC4C6)nc(-c4nc(-c5ccccc5)nc(-c5ccccc5)n4)n3)n2)cc1. The van der Waals surface area contributed by atoms with Crippen LogP contribution in [0.15, 0.2) is 164 Å². The summed E-state index contributed by atoms with van der Waals surface area (Å²) in [6, 6.07) is 55.9. The highest BCUT2D eigenvalue weighted by Crippen LogP contribution is 2.69. The van der Waals surface area contributed by atoms with E-state index in [0.29, 0.717) is 52.6 Å². The number of hydrogen-bond donors (Lipinski definition) is 0. The molecule has 3 aromatic heterocycles. The predicted octanol–water partition coefficient (Wildman–Crippen LogP) is 11.6. The Hall–Kier alpha value is -7.65. The van der Waals surface area contributed by atoms with Gasteiger partial charge in [0.2, 0.25) is 23.3 Å². The van der Waals surface area contributed by atoms with E-state index in [0.717, 1.165) is 39.7 Å². The molecule has 4 saturated carbocycles. The van der Waals surface area contributed by atoms with Crippen molar-refractivity contribution in [1.82, 2.24) is 44.9 Å². The molecular weight excluding hydrogens is 787 g/mol. The number of fused-ring (bicyclic) bond motifs is 3. The number of nitrogens with zero attached hydrogens (tertiary/aromatic N) is 9. The number of benzene rings is 6. The molecule has 0 aliphatic heterocycles. The molecule has 0 amide bonds. The number of aromatic nitrogens is 9. The average molecular weight is 828 g/mol. The van der Waals surface area contributed by atoms with Crippen LogP contribution in [-0.4, -0.2) is 44.9 Å². The Labute approximate surface area is 370 Å². The minimum Gasteiger partial charge on any atom is -0.208 e. The molecule has 6 aromatic carbocycles. The first kappa shape index (κ1) is 37.0. The molecule has 5 aliphatic carbocycles. The lowest BCUT2D eigenvalue weighted by Gasteiger charge is -2.61. The Morgan fingerprint density at radius 2 is 0.609 bits per heavy atom. The Morgan fingerprint density at radius 3 is 1.03 bits per heavy atom. The molecule has 3 heterocycles. The van der Waals surface area contributed by atoms with Crippen molar-refractivity contribution in [2.45, 2.75) is 37.5 Å². The van der Waals surface area contributed by atoms with Crippen molar-refractivity contribution in [3.63, 3.8) is 0 Å². The van der Waals surface area contributed by atoms with Gasteiger partial charge in [0.15, 0.2) is 29.1 Å². The summed E-state index contributed by atoms with van der Waals surface area (Å²) in [5.74, 6) is 6.81. The lowest BCUT2D eigenvalue weighted by Crippen LogP contribution is -2.55. The first-order valence-corrected chi connectivity index (χ1v) is 22.4. The molecule has 0 radical (unpaired) electrons. The molecule has 4 bridgehead atoms. The Bertz CT molecular complexity index is 2940. The zero-order chi connectivity index (χ0) is 42.2. The van der Waals surface area contributed by atoms with Crippen molar-refractivity contribution in [2.24, 2.45) is 23.7 Å². The topological polar surface area (TPSA) is 116 Å². The van der Waals surface area contributed by atoms with E-state index in [1.54, 1.807) is 0 Å². The van der Waals surface area contributed by atoms with Crippen molar-refractivity contribution in [3.05, 3.63) is 175 Å². The molecule has 0 N–H and O–H groups in total. The first-order valence-electron chi connectivity index (χ1n) is 22.4. The summed E-state index contributed by atoms with van der Waals surface area (Å²) in [5, 5.41) is 0. The van der Waals surface area contributed by atoms with Gasteiger partial charge in [-0.2, -0.15) is 0 Å². The van der Waals surface area contributed by atoms with Gasteiger partial charge in [0.25, 0.3) is 0 Å². The van der Waals surface area contributed by atoms with Gasteiger partial charge in [0.05, 0.1) is 0 Å². The minimum absolute atomic E-state index is 0.0480. The van der Waals surface area contributed by atoms with Crippen LogP contribution in [0, 0.1) is 23.7 Å². The van der Waals surface area contributed by atoms with Gasteiger partial charge in [0, 0.05) is 33.2 Å². The lowest BCUT2D eigenvalue weighted by atomic mass is 9.43. The predicted molar refractivity (Wildman–Crippen MR) is 248 cm³/mol. The third-order valence-electron chi connectivity index (χ3n) is 14.2. The van der Waals surface area contributed by atoms with Crippen LogP contribution in [0.25, 0.3) is 91.4 Å². The Balaban J connectivity index is 1.03. The van der Waals surface area contributed by atoms with Gasteiger partial charge in [-0.25, -0.2) is 44.9 Å². The van der Waals surface area contributed by atoms with Gasteiger partial charge in [-0.15, -0.1) is 0 Å².